The average molecular weight is 278 g/mol. The topological polar surface area (TPSA) is 17.1 Å². The second kappa shape index (κ2) is 18.1. The number of hydrogen-bond acceptors (Lipinski definition) is 1. The van der Waals surface area contributed by atoms with Gasteiger partial charge in [-0.05, 0) is 12.8 Å². The van der Waals surface area contributed by atoms with Gasteiger partial charge in [0.15, 0.2) is 0 Å². The molecule has 20 heavy (non-hydrogen) atoms. The van der Waals surface area contributed by atoms with Gasteiger partial charge in [-0.25, -0.2) is 0 Å². The van der Waals surface area contributed by atoms with Gasteiger partial charge in [0, 0.05) is 6.42 Å². The predicted octanol–water partition coefficient (Wildman–Crippen LogP) is 6.39. The average Bonchev–Trinajstić information content (AvgIpc) is 2.47. The van der Waals surface area contributed by atoms with Crippen molar-refractivity contribution in [3.8, 4) is 0 Å². The molecule has 116 valence electrons. The van der Waals surface area contributed by atoms with E-state index in [1.165, 1.54) is 77.0 Å². The van der Waals surface area contributed by atoms with Crippen LogP contribution in [-0.2, 0) is 4.79 Å². The van der Waals surface area contributed by atoms with Gasteiger partial charge in [0.05, 0.1) is 0 Å². The second-order valence-corrected chi connectivity index (χ2v) is 5.58. The molecule has 0 aliphatic heterocycles. The molecule has 0 aromatic heterocycles. The fourth-order valence-corrected chi connectivity index (χ4v) is 2.31. The molecule has 1 heteroatoms. The fraction of sp³-hybridized carbons (Fsp3) is 0.737. The van der Waals surface area contributed by atoms with E-state index in [9.17, 15) is 4.79 Å². The van der Waals surface area contributed by atoms with E-state index in [1.807, 2.05) is 12.2 Å². The lowest BCUT2D eigenvalue weighted by Gasteiger charge is -2.01. The first-order valence-electron chi connectivity index (χ1n) is 8.67. The number of aldehydes is 1. The molecule has 0 spiro atoms. The van der Waals surface area contributed by atoms with E-state index in [1.54, 1.807) is 0 Å². The van der Waals surface area contributed by atoms with Crippen LogP contribution in [0.25, 0.3) is 0 Å². The Kier molecular flexibility index (Phi) is 17.4. The van der Waals surface area contributed by atoms with Crippen LogP contribution in [0, 0.1) is 0 Å². The van der Waals surface area contributed by atoms with Gasteiger partial charge < -0.3 is 4.79 Å². The normalized spacial score (nSPS) is 11.7. The quantitative estimate of drug-likeness (QED) is 0.193. The van der Waals surface area contributed by atoms with Crippen molar-refractivity contribution >= 4 is 6.29 Å². The minimum Gasteiger partial charge on any atom is -0.303 e. The first kappa shape index (κ1) is 19.1. The molecule has 0 atom stereocenters. The molecule has 0 aliphatic rings. The summed E-state index contributed by atoms with van der Waals surface area (Å²) in [4.78, 5) is 10.1. The third-order valence-corrected chi connectivity index (χ3v) is 3.59. The summed E-state index contributed by atoms with van der Waals surface area (Å²) >= 11 is 0. The lowest BCUT2D eigenvalue weighted by molar-refractivity contribution is -0.107. The maximum Gasteiger partial charge on any atom is 0.123 e. The number of carbonyl (C=O) groups excluding carboxylic acids is 1. The largest absolute Gasteiger partial charge is 0.303 e. The van der Waals surface area contributed by atoms with Gasteiger partial charge in [-0.15, -0.1) is 0 Å². The molecule has 0 aromatic carbocycles. The number of rotatable bonds is 15. The van der Waals surface area contributed by atoms with Gasteiger partial charge >= 0.3 is 0 Å². The van der Waals surface area contributed by atoms with Crippen molar-refractivity contribution in [2.45, 2.75) is 90.4 Å². The Morgan fingerprint density at radius 1 is 0.650 bits per heavy atom. The summed E-state index contributed by atoms with van der Waals surface area (Å²) in [5.41, 5.74) is 0. The summed E-state index contributed by atoms with van der Waals surface area (Å²) in [6.07, 6.45) is 26.1. The number of hydrogen-bond donors (Lipinski definition) is 0. The molecule has 0 bridgehead atoms. The Labute approximate surface area is 126 Å². The lowest BCUT2D eigenvalue weighted by atomic mass is 10.1. The second-order valence-electron chi connectivity index (χ2n) is 5.58. The summed E-state index contributed by atoms with van der Waals surface area (Å²) in [5.74, 6) is 0. The molecule has 0 saturated carbocycles. The van der Waals surface area contributed by atoms with Gasteiger partial charge in [-0.1, -0.05) is 95.4 Å². The maximum absolute atomic E-state index is 10.1. The van der Waals surface area contributed by atoms with Crippen molar-refractivity contribution in [1.29, 1.82) is 0 Å². The minimum absolute atomic E-state index is 0.531. The van der Waals surface area contributed by atoms with Gasteiger partial charge in [0.2, 0.25) is 0 Å². The molecule has 0 fully saturated rings. The Hall–Kier alpha value is -0.850. The molecule has 0 aliphatic carbocycles. The molecule has 0 aromatic rings. The Morgan fingerprint density at radius 2 is 1.15 bits per heavy atom. The molecule has 0 radical (unpaired) electrons. The van der Waals surface area contributed by atoms with Crippen molar-refractivity contribution in [2.24, 2.45) is 0 Å². The summed E-state index contributed by atoms with van der Waals surface area (Å²) in [6.45, 7) is 2.27. The van der Waals surface area contributed by atoms with E-state index in [-0.39, 0.29) is 0 Å². The zero-order valence-electron chi connectivity index (χ0n) is 13.5. The standard InChI is InChI=1S/C19H34O/c1-2-3-4-5-6-7-8-9-10-11-12-13-14-15-16-17-18-19-20/h14-17,19H,2-13,18H2,1H3. The van der Waals surface area contributed by atoms with Crippen molar-refractivity contribution in [3.05, 3.63) is 24.3 Å². The van der Waals surface area contributed by atoms with Crippen LogP contribution < -0.4 is 0 Å². The fourth-order valence-electron chi connectivity index (χ4n) is 2.31. The van der Waals surface area contributed by atoms with Gasteiger partial charge in [-0.3, -0.25) is 0 Å². The highest BCUT2D eigenvalue weighted by Gasteiger charge is 1.92. The first-order valence-corrected chi connectivity index (χ1v) is 8.67. The maximum atomic E-state index is 10.1. The first-order chi connectivity index (χ1) is 9.91. The smallest absolute Gasteiger partial charge is 0.123 e. The van der Waals surface area contributed by atoms with E-state index in [4.69, 9.17) is 0 Å². The Balaban J connectivity index is 3.07. The Bertz CT molecular complexity index is 240. The monoisotopic (exact) mass is 278 g/mol. The summed E-state index contributed by atoms with van der Waals surface area (Å²) in [5, 5.41) is 0. The molecular formula is C19H34O. The molecule has 0 N–H and O–H groups in total. The highest BCUT2D eigenvalue weighted by Crippen LogP contribution is 2.11. The van der Waals surface area contributed by atoms with E-state index in [2.05, 4.69) is 19.1 Å². The number of carbonyl (C=O) groups is 1. The van der Waals surface area contributed by atoms with Gasteiger partial charge in [-0.2, -0.15) is 0 Å². The predicted molar refractivity (Wildman–Crippen MR) is 90.0 cm³/mol. The highest BCUT2D eigenvalue weighted by atomic mass is 16.1. The highest BCUT2D eigenvalue weighted by molar-refractivity contribution is 5.52. The molecule has 1 nitrogen and oxygen atoms in total. The van der Waals surface area contributed by atoms with Gasteiger partial charge in [0.1, 0.15) is 6.29 Å². The summed E-state index contributed by atoms with van der Waals surface area (Å²) in [7, 11) is 0. The van der Waals surface area contributed by atoms with Crippen molar-refractivity contribution in [3.63, 3.8) is 0 Å². The molecular weight excluding hydrogens is 244 g/mol. The van der Waals surface area contributed by atoms with Crippen LogP contribution in [0.5, 0.6) is 0 Å². The molecule has 0 rings (SSSR count). The van der Waals surface area contributed by atoms with Crippen LogP contribution >= 0.6 is 0 Å². The van der Waals surface area contributed by atoms with Crippen LogP contribution in [0.2, 0.25) is 0 Å². The molecule has 0 saturated heterocycles. The van der Waals surface area contributed by atoms with Gasteiger partial charge in [0.25, 0.3) is 0 Å². The van der Waals surface area contributed by atoms with Crippen LogP contribution in [0.15, 0.2) is 24.3 Å². The molecule has 0 unspecified atom stereocenters. The zero-order chi connectivity index (χ0) is 14.7. The van der Waals surface area contributed by atoms with Crippen LogP contribution in [0.3, 0.4) is 0 Å². The van der Waals surface area contributed by atoms with Crippen molar-refractivity contribution in [2.75, 3.05) is 0 Å². The van der Waals surface area contributed by atoms with E-state index in [0.29, 0.717) is 6.42 Å². The third kappa shape index (κ3) is 17.2. The van der Waals surface area contributed by atoms with Crippen molar-refractivity contribution in [1.82, 2.24) is 0 Å². The SMILES string of the molecule is CCCCCCCCCCCCCC=CC=CCC=O. The minimum atomic E-state index is 0.531. The van der Waals surface area contributed by atoms with E-state index < -0.39 is 0 Å². The van der Waals surface area contributed by atoms with Crippen LogP contribution in [0.4, 0.5) is 0 Å². The van der Waals surface area contributed by atoms with Crippen LogP contribution in [0.1, 0.15) is 90.4 Å². The lowest BCUT2D eigenvalue weighted by Crippen LogP contribution is -1.81. The number of unbranched alkanes of at least 4 members (excludes halogenated alkanes) is 11. The Morgan fingerprint density at radius 3 is 1.70 bits per heavy atom. The number of allylic oxidation sites excluding steroid dienone is 4. The van der Waals surface area contributed by atoms with E-state index >= 15 is 0 Å². The van der Waals surface area contributed by atoms with Crippen LogP contribution in [-0.4, -0.2) is 6.29 Å². The summed E-state index contributed by atoms with van der Waals surface area (Å²) in [6, 6.07) is 0. The van der Waals surface area contributed by atoms with E-state index in [0.717, 1.165) is 6.29 Å². The molecule has 0 heterocycles. The zero-order valence-corrected chi connectivity index (χ0v) is 13.5. The van der Waals surface area contributed by atoms with Crippen molar-refractivity contribution < 1.29 is 4.79 Å². The molecule has 0 amide bonds. The third-order valence-electron chi connectivity index (χ3n) is 3.59. The summed E-state index contributed by atoms with van der Waals surface area (Å²) < 4.78 is 0.